The number of benzene rings is 3. The first-order chi connectivity index (χ1) is 13.7. The number of hydrogen-bond donors (Lipinski definition) is 2. The molecule has 0 aliphatic carbocycles. The summed E-state index contributed by atoms with van der Waals surface area (Å²) < 4.78 is 15.4. The van der Waals surface area contributed by atoms with E-state index < -0.39 is 0 Å². The van der Waals surface area contributed by atoms with E-state index in [-0.39, 0.29) is 5.82 Å². The summed E-state index contributed by atoms with van der Waals surface area (Å²) in [5.74, 6) is -0.385. The highest BCUT2D eigenvalue weighted by Gasteiger charge is 2.16. The van der Waals surface area contributed by atoms with E-state index in [1.165, 1.54) is 0 Å². The summed E-state index contributed by atoms with van der Waals surface area (Å²) in [5.41, 5.74) is 10.5. The minimum Gasteiger partial charge on any atom is -0.353 e. The summed E-state index contributed by atoms with van der Waals surface area (Å²) in [6, 6.07) is 28.6. The number of rotatable bonds is 5. The molecule has 0 unspecified atom stereocenters. The van der Waals surface area contributed by atoms with Crippen molar-refractivity contribution in [3.8, 4) is 22.5 Å². The molecule has 0 amide bonds. The maximum absolute atomic E-state index is 15.4. The minimum atomic E-state index is -0.385. The lowest BCUT2D eigenvalue weighted by Gasteiger charge is -2.14. The molecule has 4 heteroatoms. The van der Waals surface area contributed by atoms with Crippen molar-refractivity contribution in [2.24, 2.45) is 5.73 Å². The van der Waals surface area contributed by atoms with Crippen molar-refractivity contribution < 1.29 is 4.39 Å². The first-order valence-corrected chi connectivity index (χ1v) is 9.12. The van der Waals surface area contributed by atoms with Crippen molar-refractivity contribution in [3.63, 3.8) is 0 Å². The van der Waals surface area contributed by atoms with E-state index in [9.17, 15) is 0 Å². The molecule has 0 spiro atoms. The van der Waals surface area contributed by atoms with Gasteiger partial charge in [-0.05, 0) is 23.8 Å². The van der Waals surface area contributed by atoms with Crippen LogP contribution in [0.5, 0.6) is 0 Å². The smallest absolute Gasteiger partial charge is 0.172 e. The molecule has 0 radical (unpaired) electrons. The number of nitrogens with two attached hydrogens (primary N) is 1. The number of nitrogens with one attached hydrogen (secondary N) is 1. The highest BCUT2D eigenvalue weighted by molar-refractivity contribution is 5.75. The molecule has 3 N–H and O–H groups in total. The van der Waals surface area contributed by atoms with E-state index >= 15 is 4.39 Å². The molecular weight excluding hydrogens is 349 g/mol. The van der Waals surface area contributed by atoms with Crippen molar-refractivity contribution in [1.82, 2.24) is 4.98 Å². The van der Waals surface area contributed by atoms with Gasteiger partial charge in [0.1, 0.15) is 5.69 Å². The number of nitrogens with zero attached hydrogens (tertiary/aromatic N) is 1. The molecule has 0 fully saturated rings. The molecule has 0 aliphatic heterocycles. The minimum absolute atomic E-state index is 0.309. The van der Waals surface area contributed by atoms with Crippen molar-refractivity contribution in [2.75, 3.05) is 5.32 Å². The number of halogens is 1. The van der Waals surface area contributed by atoms with E-state index in [1.807, 2.05) is 84.9 Å². The van der Waals surface area contributed by atoms with Crippen molar-refractivity contribution in [3.05, 3.63) is 102 Å². The largest absolute Gasteiger partial charge is 0.353 e. The standard InChI is InChI=1S/C24H20FN3/c25-23-22(27-20-9-5-2-6-10-20)15-21(18-7-3-1-4-8-18)28-24(23)19-13-11-17(16-26)12-14-19/h1-15H,16,26H2,(H,27,28). The highest BCUT2D eigenvalue weighted by atomic mass is 19.1. The number of para-hydroxylation sites is 1. The van der Waals surface area contributed by atoms with Crippen LogP contribution in [0.15, 0.2) is 91.0 Å². The average Bonchev–Trinajstić information content (AvgIpc) is 2.76. The third kappa shape index (κ3) is 3.77. The van der Waals surface area contributed by atoms with Gasteiger partial charge in [0.15, 0.2) is 5.82 Å². The normalized spacial score (nSPS) is 10.6. The summed E-state index contributed by atoms with van der Waals surface area (Å²) in [6.45, 7) is 0.445. The number of pyridine rings is 1. The second kappa shape index (κ2) is 8.03. The van der Waals surface area contributed by atoms with Crippen LogP contribution < -0.4 is 11.1 Å². The summed E-state index contributed by atoms with van der Waals surface area (Å²) in [5, 5.41) is 3.18. The Morgan fingerprint density at radius 2 is 1.43 bits per heavy atom. The molecule has 3 aromatic carbocycles. The Bertz CT molecular complexity index is 1060. The third-order valence-electron chi connectivity index (χ3n) is 4.54. The highest BCUT2D eigenvalue weighted by Crippen LogP contribution is 2.32. The average molecular weight is 369 g/mol. The summed E-state index contributed by atoms with van der Waals surface area (Å²) in [4.78, 5) is 4.62. The molecule has 3 nitrogen and oxygen atoms in total. The van der Waals surface area contributed by atoms with Crippen LogP contribution in [0.1, 0.15) is 5.56 Å². The topological polar surface area (TPSA) is 50.9 Å². The van der Waals surface area contributed by atoms with Crippen molar-refractivity contribution in [1.29, 1.82) is 0 Å². The fourth-order valence-electron chi connectivity index (χ4n) is 3.04. The van der Waals surface area contributed by atoms with Gasteiger partial charge in [-0.1, -0.05) is 72.8 Å². The Kier molecular flexibility index (Phi) is 5.13. The van der Waals surface area contributed by atoms with Gasteiger partial charge < -0.3 is 11.1 Å². The fraction of sp³-hybridized carbons (Fsp3) is 0.0417. The van der Waals surface area contributed by atoms with Gasteiger partial charge in [0.25, 0.3) is 0 Å². The SMILES string of the molecule is NCc1ccc(-c2nc(-c3ccccc3)cc(Nc3ccccc3)c2F)cc1. The van der Waals surface area contributed by atoms with E-state index in [0.717, 1.165) is 16.8 Å². The van der Waals surface area contributed by atoms with Crippen LogP contribution >= 0.6 is 0 Å². The number of aromatic nitrogens is 1. The lowest BCUT2D eigenvalue weighted by Crippen LogP contribution is -2.01. The molecule has 1 heterocycles. The van der Waals surface area contributed by atoms with Crippen molar-refractivity contribution in [2.45, 2.75) is 6.54 Å². The molecule has 0 bridgehead atoms. The summed E-state index contributed by atoms with van der Waals surface area (Å²) >= 11 is 0. The Hall–Kier alpha value is -3.50. The quantitative estimate of drug-likeness (QED) is 0.470. The molecule has 28 heavy (non-hydrogen) atoms. The van der Waals surface area contributed by atoms with E-state index in [4.69, 9.17) is 5.73 Å². The van der Waals surface area contributed by atoms with Crippen LogP contribution in [-0.2, 0) is 6.54 Å². The van der Waals surface area contributed by atoms with Gasteiger partial charge in [-0.25, -0.2) is 9.37 Å². The molecule has 4 aromatic rings. The predicted molar refractivity (Wildman–Crippen MR) is 113 cm³/mol. The van der Waals surface area contributed by atoms with Gasteiger partial charge >= 0.3 is 0 Å². The number of anilines is 2. The van der Waals surface area contributed by atoms with E-state index in [0.29, 0.717) is 29.2 Å². The maximum Gasteiger partial charge on any atom is 0.172 e. The Balaban J connectivity index is 1.85. The zero-order chi connectivity index (χ0) is 19.3. The van der Waals surface area contributed by atoms with Crippen LogP contribution in [0.25, 0.3) is 22.5 Å². The summed E-state index contributed by atoms with van der Waals surface area (Å²) in [7, 11) is 0. The van der Waals surface area contributed by atoms with Gasteiger partial charge in [0.2, 0.25) is 0 Å². The Morgan fingerprint density at radius 1 is 0.786 bits per heavy atom. The predicted octanol–water partition coefficient (Wildman–Crippen LogP) is 5.76. The summed E-state index contributed by atoms with van der Waals surface area (Å²) in [6.07, 6.45) is 0. The molecule has 138 valence electrons. The third-order valence-corrected chi connectivity index (χ3v) is 4.54. The first kappa shape index (κ1) is 17.9. The van der Waals surface area contributed by atoms with Crippen LogP contribution in [0.2, 0.25) is 0 Å². The van der Waals surface area contributed by atoms with Crippen LogP contribution in [0, 0.1) is 5.82 Å². The van der Waals surface area contributed by atoms with Gasteiger partial charge in [0, 0.05) is 23.4 Å². The molecule has 0 aliphatic rings. The van der Waals surface area contributed by atoms with Gasteiger partial charge in [0.05, 0.1) is 11.4 Å². The second-order valence-electron chi connectivity index (χ2n) is 6.48. The molecule has 0 saturated heterocycles. The van der Waals surface area contributed by atoms with Crippen LogP contribution in [0.4, 0.5) is 15.8 Å². The Labute approximate surface area is 163 Å². The second-order valence-corrected chi connectivity index (χ2v) is 6.48. The Morgan fingerprint density at radius 3 is 2.07 bits per heavy atom. The van der Waals surface area contributed by atoms with Gasteiger partial charge in [-0.2, -0.15) is 0 Å². The lowest BCUT2D eigenvalue weighted by atomic mass is 10.0. The molecule has 0 atom stereocenters. The molecule has 4 rings (SSSR count). The van der Waals surface area contributed by atoms with Crippen LogP contribution in [0.3, 0.4) is 0 Å². The monoisotopic (exact) mass is 369 g/mol. The zero-order valence-electron chi connectivity index (χ0n) is 15.3. The first-order valence-electron chi connectivity index (χ1n) is 9.12. The molecular formula is C24H20FN3. The van der Waals surface area contributed by atoms with Crippen molar-refractivity contribution >= 4 is 11.4 Å². The van der Waals surface area contributed by atoms with Gasteiger partial charge in [-0.3, -0.25) is 0 Å². The number of hydrogen-bond acceptors (Lipinski definition) is 3. The zero-order valence-corrected chi connectivity index (χ0v) is 15.3. The molecule has 0 saturated carbocycles. The van der Waals surface area contributed by atoms with Gasteiger partial charge in [-0.15, -0.1) is 0 Å². The lowest BCUT2D eigenvalue weighted by molar-refractivity contribution is 0.630. The maximum atomic E-state index is 15.4. The molecule has 1 aromatic heterocycles. The van der Waals surface area contributed by atoms with E-state index in [1.54, 1.807) is 6.07 Å². The van der Waals surface area contributed by atoms with Crippen LogP contribution in [-0.4, -0.2) is 4.98 Å². The van der Waals surface area contributed by atoms with E-state index in [2.05, 4.69) is 10.3 Å². The fourth-order valence-corrected chi connectivity index (χ4v) is 3.04.